The van der Waals surface area contributed by atoms with Crippen molar-refractivity contribution >= 4 is 15.7 Å². The van der Waals surface area contributed by atoms with Gasteiger partial charge in [-0.3, -0.25) is 19.8 Å². The zero-order chi connectivity index (χ0) is 22.8. The molecule has 32 heavy (non-hydrogen) atoms. The van der Waals surface area contributed by atoms with Crippen molar-refractivity contribution in [2.24, 2.45) is 0 Å². The molecular formula is C22H35N5O4S. The molecule has 3 N–H and O–H groups in total. The van der Waals surface area contributed by atoms with Gasteiger partial charge in [0.2, 0.25) is 0 Å². The van der Waals surface area contributed by atoms with Gasteiger partial charge in [-0.2, -0.15) is 0 Å². The third kappa shape index (κ3) is 7.65. The molecule has 0 amide bonds. The van der Waals surface area contributed by atoms with Crippen LogP contribution < -0.4 is 15.4 Å². The average molecular weight is 466 g/mol. The molecule has 2 fully saturated rings. The van der Waals surface area contributed by atoms with Crippen molar-refractivity contribution < 1.29 is 13.3 Å². The number of aromatic nitrogens is 1. The Kier molecular flexibility index (Phi) is 9.13. The minimum atomic E-state index is -4.07. The minimum Gasteiger partial charge on any atom is -0.381 e. The lowest BCUT2D eigenvalue weighted by Gasteiger charge is -2.24. The summed E-state index contributed by atoms with van der Waals surface area (Å²) in [4.78, 5) is 14.5. The third-order valence-corrected chi connectivity index (χ3v) is 7.63. The number of nitrogens with zero attached hydrogens (tertiary/aromatic N) is 2. The Labute approximate surface area is 190 Å². The van der Waals surface area contributed by atoms with Crippen LogP contribution in [0.25, 0.3) is 0 Å². The highest BCUT2D eigenvalue weighted by atomic mass is 32.2. The Morgan fingerprint density at radius 2 is 1.53 bits per heavy atom. The van der Waals surface area contributed by atoms with Gasteiger partial charge < -0.3 is 10.6 Å². The molecule has 0 unspecified atom stereocenters. The van der Waals surface area contributed by atoms with Crippen molar-refractivity contribution in [3.05, 3.63) is 40.6 Å². The molecule has 1 aromatic rings. The maximum atomic E-state index is 13.2. The molecule has 3 rings (SSSR count). The molecule has 10 heteroatoms. The molecule has 0 atom stereocenters. The van der Waals surface area contributed by atoms with Gasteiger partial charge in [-0.15, -0.1) is 0 Å². The van der Waals surface area contributed by atoms with E-state index in [4.69, 9.17) is 0 Å². The molecule has 0 spiro atoms. The molecule has 2 aliphatic carbocycles. The number of hydrogen-bond acceptors (Lipinski definition) is 7. The minimum absolute atomic E-state index is 0.00156. The lowest BCUT2D eigenvalue weighted by atomic mass is 9.97. The quantitative estimate of drug-likeness (QED) is 0.297. The summed E-state index contributed by atoms with van der Waals surface area (Å²) in [6.07, 6.45) is 17.4. The van der Waals surface area contributed by atoms with Crippen molar-refractivity contribution in [1.82, 2.24) is 15.0 Å². The van der Waals surface area contributed by atoms with Crippen LogP contribution in [0, 0.1) is 10.1 Å². The van der Waals surface area contributed by atoms with Gasteiger partial charge in [-0.1, -0.05) is 57.8 Å². The molecule has 9 nitrogen and oxygen atoms in total. The van der Waals surface area contributed by atoms with E-state index in [2.05, 4.69) is 20.3 Å². The van der Waals surface area contributed by atoms with Crippen LogP contribution in [0.3, 0.4) is 0 Å². The van der Waals surface area contributed by atoms with E-state index in [0.29, 0.717) is 11.9 Å². The van der Waals surface area contributed by atoms with E-state index in [-0.39, 0.29) is 22.8 Å². The van der Waals surface area contributed by atoms with Crippen LogP contribution in [0.1, 0.15) is 83.5 Å². The predicted octanol–water partition coefficient (Wildman–Crippen LogP) is 4.27. The van der Waals surface area contributed by atoms with Gasteiger partial charge in [0.15, 0.2) is 5.82 Å². The van der Waals surface area contributed by atoms with Gasteiger partial charge in [0.1, 0.15) is 4.90 Å². The first-order chi connectivity index (χ1) is 15.4. The number of nitrogens with one attached hydrogen (secondary N) is 3. The first-order valence-corrected chi connectivity index (χ1v) is 13.3. The summed E-state index contributed by atoms with van der Waals surface area (Å²) >= 11 is 0. The molecule has 1 aromatic heterocycles. The Balaban J connectivity index is 1.76. The maximum Gasteiger partial charge on any atom is 0.275 e. The van der Waals surface area contributed by atoms with E-state index in [9.17, 15) is 18.5 Å². The molecule has 1 heterocycles. The Morgan fingerprint density at radius 1 is 0.969 bits per heavy atom. The Bertz CT molecular complexity index is 874. The zero-order valence-corrected chi connectivity index (χ0v) is 19.4. The SMILES string of the molecule is O=[N+]([O-])/C=C(/NC1CCCCCCC1)NS(=O)(=O)c1cnccc1NC1CCCCCC1. The third-order valence-electron chi connectivity index (χ3n) is 6.23. The second kappa shape index (κ2) is 12.0. The molecule has 2 aliphatic rings. The summed E-state index contributed by atoms with van der Waals surface area (Å²) in [5, 5.41) is 17.6. The molecule has 0 aromatic carbocycles. The Morgan fingerprint density at radius 3 is 2.12 bits per heavy atom. The van der Waals surface area contributed by atoms with Crippen LogP contribution in [0.2, 0.25) is 0 Å². The van der Waals surface area contributed by atoms with E-state index in [1.54, 1.807) is 12.3 Å². The molecule has 0 aliphatic heterocycles. The smallest absolute Gasteiger partial charge is 0.275 e. The molecule has 2 saturated carbocycles. The molecular weight excluding hydrogens is 430 g/mol. The van der Waals surface area contributed by atoms with E-state index in [0.717, 1.165) is 64.2 Å². The first kappa shape index (κ1) is 24.3. The standard InChI is InChI=1S/C22H35N5O4S/c28-27(29)17-22(25-19-12-6-2-1-3-7-13-19)26-32(30,31)21-16-23-15-14-20(21)24-18-10-8-4-5-9-11-18/h14-19,25-26H,1-13H2,(H,23,24)/b22-17-. The highest BCUT2D eigenvalue weighted by Crippen LogP contribution is 2.26. The molecule has 0 radical (unpaired) electrons. The predicted molar refractivity (Wildman–Crippen MR) is 124 cm³/mol. The van der Waals surface area contributed by atoms with Crippen LogP contribution in [-0.4, -0.2) is 30.4 Å². The monoisotopic (exact) mass is 465 g/mol. The second-order valence-electron chi connectivity index (χ2n) is 8.82. The first-order valence-electron chi connectivity index (χ1n) is 11.8. The fourth-order valence-electron chi connectivity index (χ4n) is 4.58. The van der Waals surface area contributed by atoms with Gasteiger partial charge in [0.05, 0.1) is 10.6 Å². The van der Waals surface area contributed by atoms with Crippen molar-refractivity contribution in [3.8, 4) is 0 Å². The number of rotatable bonds is 8. The molecule has 0 saturated heterocycles. The largest absolute Gasteiger partial charge is 0.381 e. The fourth-order valence-corrected chi connectivity index (χ4v) is 5.70. The highest BCUT2D eigenvalue weighted by molar-refractivity contribution is 7.89. The topological polar surface area (TPSA) is 126 Å². The Hall–Kier alpha value is -2.36. The average Bonchev–Trinajstić information content (AvgIpc) is 2.98. The second-order valence-corrected chi connectivity index (χ2v) is 10.5. The van der Waals surface area contributed by atoms with E-state index in [1.165, 1.54) is 25.5 Å². The van der Waals surface area contributed by atoms with Crippen LogP contribution >= 0.6 is 0 Å². The van der Waals surface area contributed by atoms with Crippen LogP contribution in [0.15, 0.2) is 35.4 Å². The van der Waals surface area contributed by atoms with Gasteiger partial charge >= 0.3 is 0 Å². The van der Waals surface area contributed by atoms with E-state index in [1.807, 2.05) is 0 Å². The summed E-state index contributed by atoms with van der Waals surface area (Å²) in [7, 11) is -4.07. The van der Waals surface area contributed by atoms with Crippen molar-refractivity contribution in [2.75, 3.05) is 5.32 Å². The number of sulfonamides is 1. The maximum absolute atomic E-state index is 13.2. The number of hydrogen-bond donors (Lipinski definition) is 3. The van der Waals surface area contributed by atoms with E-state index < -0.39 is 14.9 Å². The highest BCUT2D eigenvalue weighted by Gasteiger charge is 2.24. The van der Waals surface area contributed by atoms with Crippen molar-refractivity contribution in [2.45, 2.75) is 100 Å². The number of nitro groups is 1. The van der Waals surface area contributed by atoms with Gasteiger partial charge in [0.25, 0.3) is 16.2 Å². The fraction of sp³-hybridized carbons (Fsp3) is 0.682. The molecule has 0 bridgehead atoms. The van der Waals surface area contributed by atoms with Crippen molar-refractivity contribution in [3.63, 3.8) is 0 Å². The van der Waals surface area contributed by atoms with Gasteiger partial charge in [-0.05, 0) is 31.7 Å². The number of anilines is 1. The summed E-state index contributed by atoms with van der Waals surface area (Å²) in [5.41, 5.74) is 0.478. The summed E-state index contributed by atoms with van der Waals surface area (Å²) in [6.45, 7) is 0. The van der Waals surface area contributed by atoms with Crippen LogP contribution in [0.4, 0.5) is 5.69 Å². The van der Waals surface area contributed by atoms with Gasteiger partial charge in [0, 0.05) is 24.5 Å². The lowest BCUT2D eigenvalue weighted by molar-refractivity contribution is -0.404. The van der Waals surface area contributed by atoms with Gasteiger partial charge in [-0.25, -0.2) is 8.42 Å². The summed E-state index contributed by atoms with van der Waals surface area (Å²) in [5.74, 6) is -0.107. The molecule has 178 valence electrons. The summed E-state index contributed by atoms with van der Waals surface area (Å²) in [6, 6.07) is 1.86. The van der Waals surface area contributed by atoms with Crippen molar-refractivity contribution in [1.29, 1.82) is 0 Å². The number of pyridine rings is 1. The summed E-state index contributed by atoms with van der Waals surface area (Å²) < 4.78 is 28.9. The van der Waals surface area contributed by atoms with Crippen LogP contribution in [0.5, 0.6) is 0 Å². The lowest BCUT2D eigenvalue weighted by Crippen LogP contribution is -2.38. The zero-order valence-electron chi connectivity index (χ0n) is 18.6. The van der Waals surface area contributed by atoms with Crippen LogP contribution in [-0.2, 0) is 10.0 Å². The van der Waals surface area contributed by atoms with E-state index >= 15 is 0 Å². The normalized spacial score (nSPS) is 19.9.